The summed E-state index contributed by atoms with van der Waals surface area (Å²) >= 11 is 0. The second-order valence-corrected chi connectivity index (χ2v) is 10.8. The van der Waals surface area contributed by atoms with Crippen molar-refractivity contribution in [2.45, 2.75) is 155 Å². The third-order valence-corrected chi connectivity index (χ3v) is 8.06. The molecule has 0 rings (SSSR count). The minimum absolute atomic E-state index is 0.143. The van der Waals surface area contributed by atoms with E-state index in [1.165, 1.54) is 111 Å². The van der Waals surface area contributed by atoms with E-state index in [0.29, 0.717) is 6.42 Å². The Morgan fingerprint density at radius 3 is 1.16 bits per heavy atom. The van der Waals surface area contributed by atoms with Crippen LogP contribution < -0.4 is 0 Å². The number of hydrogen-bond donors (Lipinski definition) is 3. The van der Waals surface area contributed by atoms with Gasteiger partial charge in [-0.05, 0) is 33.6 Å². The van der Waals surface area contributed by atoms with Gasteiger partial charge in [0.05, 0.1) is 6.54 Å². The third-order valence-electron chi connectivity index (χ3n) is 8.06. The molecule has 0 saturated carbocycles. The van der Waals surface area contributed by atoms with Crippen LogP contribution in [-0.4, -0.2) is 62.4 Å². The lowest BCUT2D eigenvalue weighted by molar-refractivity contribution is -0.967. The molecule has 0 aliphatic heterocycles. The SMILES string of the molecule is CCCCCCCCCCCCCCCCC/C=C/CC[N+](C(C)C(=O)O)(C(C)C(=O)O)C(C)C(=O)O. The Balaban J connectivity index is 4.21. The number of unbranched alkanes of at least 4 members (excludes halogenated alkanes) is 15. The number of allylic oxidation sites excluding steroid dienone is 1. The number of nitrogens with zero attached hydrogens (tertiary/aromatic N) is 1. The van der Waals surface area contributed by atoms with Crippen LogP contribution in [0.25, 0.3) is 0 Å². The zero-order chi connectivity index (χ0) is 28.1. The first-order valence-electron chi connectivity index (χ1n) is 14.8. The molecular weight excluding hydrogens is 470 g/mol. The lowest BCUT2D eigenvalue weighted by Crippen LogP contribution is -2.70. The summed E-state index contributed by atoms with van der Waals surface area (Å²) in [4.78, 5) is 35.3. The van der Waals surface area contributed by atoms with Crippen molar-refractivity contribution in [3.63, 3.8) is 0 Å². The van der Waals surface area contributed by atoms with Gasteiger partial charge in [-0.25, -0.2) is 14.4 Å². The second kappa shape index (κ2) is 21.1. The van der Waals surface area contributed by atoms with Crippen molar-refractivity contribution in [3.8, 4) is 0 Å². The Kier molecular flexibility index (Phi) is 20.0. The Morgan fingerprint density at radius 1 is 0.541 bits per heavy atom. The number of aliphatic carboxylic acids is 3. The van der Waals surface area contributed by atoms with Gasteiger partial charge in [-0.2, -0.15) is 0 Å². The molecule has 3 unspecified atom stereocenters. The molecule has 0 amide bonds. The molecule has 0 radical (unpaired) electrons. The van der Waals surface area contributed by atoms with E-state index in [2.05, 4.69) is 13.0 Å². The maximum Gasteiger partial charge on any atom is 0.362 e. The first-order chi connectivity index (χ1) is 17.6. The molecule has 0 bridgehead atoms. The highest BCUT2D eigenvalue weighted by molar-refractivity contribution is 5.77. The number of quaternary nitrogens is 1. The summed E-state index contributed by atoms with van der Waals surface area (Å²) in [6.07, 6.45) is 25.2. The number of carboxylic acids is 3. The van der Waals surface area contributed by atoms with E-state index in [1.807, 2.05) is 6.08 Å². The Hall–Kier alpha value is -1.89. The minimum atomic E-state index is -1.19. The topological polar surface area (TPSA) is 112 Å². The molecular formula is C30H56NO6+. The summed E-state index contributed by atoms with van der Waals surface area (Å²) in [6.45, 7) is 6.61. The van der Waals surface area contributed by atoms with E-state index in [0.717, 1.165) is 12.8 Å². The van der Waals surface area contributed by atoms with Gasteiger partial charge in [0.1, 0.15) is 0 Å². The van der Waals surface area contributed by atoms with Crippen LogP contribution in [0.1, 0.15) is 137 Å². The van der Waals surface area contributed by atoms with Crippen LogP contribution in [0.2, 0.25) is 0 Å². The van der Waals surface area contributed by atoms with Crippen LogP contribution in [0.3, 0.4) is 0 Å². The van der Waals surface area contributed by atoms with Crippen LogP contribution in [0, 0.1) is 0 Å². The monoisotopic (exact) mass is 526 g/mol. The zero-order valence-corrected chi connectivity index (χ0v) is 24.1. The Bertz CT molecular complexity index is 612. The van der Waals surface area contributed by atoms with Crippen molar-refractivity contribution in [1.29, 1.82) is 0 Å². The summed E-state index contributed by atoms with van der Waals surface area (Å²) < 4.78 is -0.525. The fourth-order valence-electron chi connectivity index (χ4n) is 5.37. The van der Waals surface area contributed by atoms with Gasteiger partial charge in [0.15, 0.2) is 18.1 Å². The lowest BCUT2D eigenvalue weighted by Gasteiger charge is -2.47. The van der Waals surface area contributed by atoms with E-state index in [1.54, 1.807) is 0 Å². The number of rotatable bonds is 25. The summed E-state index contributed by atoms with van der Waals surface area (Å²) in [7, 11) is 0. The zero-order valence-electron chi connectivity index (χ0n) is 24.1. The van der Waals surface area contributed by atoms with Crippen molar-refractivity contribution < 1.29 is 34.2 Å². The first kappa shape index (κ1) is 35.1. The predicted molar refractivity (Wildman–Crippen MR) is 150 cm³/mol. The molecule has 0 saturated heterocycles. The number of carbonyl (C=O) groups is 3. The molecule has 7 nitrogen and oxygen atoms in total. The van der Waals surface area contributed by atoms with Gasteiger partial charge in [0.25, 0.3) is 0 Å². The van der Waals surface area contributed by atoms with Crippen LogP contribution in [0.15, 0.2) is 12.2 Å². The molecule has 216 valence electrons. The van der Waals surface area contributed by atoms with E-state index in [4.69, 9.17) is 0 Å². The Morgan fingerprint density at radius 2 is 0.838 bits per heavy atom. The lowest BCUT2D eigenvalue weighted by atomic mass is 10.0. The molecule has 0 aromatic rings. The van der Waals surface area contributed by atoms with Crippen LogP contribution in [0.4, 0.5) is 0 Å². The van der Waals surface area contributed by atoms with Crippen molar-refractivity contribution in [2.24, 2.45) is 0 Å². The molecule has 0 fully saturated rings. The van der Waals surface area contributed by atoms with Crippen molar-refractivity contribution >= 4 is 17.9 Å². The van der Waals surface area contributed by atoms with Gasteiger partial charge in [-0.15, -0.1) is 0 Å². The normalized spacial score (nSPS) is 15.8. The van der Waals surface area contributed by atoms with E-state index in [9.17, 15) is 29.7 Å². The van der Waals surface area contributed by atoms with Gasteiger partial charge in [0.2, 0.25) is 0 Å². The molecule has 0 aliphatic carbocycles. The quantitative estimate of drug-likeness (QED) is 0.0648. The fraction of sp³-hybridized carbons (Fsp3) is 0.833. The van der Waals surface area contributed by atoms with Crippen LogP contribution in [-0.2, 0) is 14.4 Å². The Labute approximate surface area is 225 Å². The van der Waals surface area contributed by atoms with Crippen molar-refractivity contribution in [2.75, 3.05) is 6.54 Å². The standard InChI is InChI=1S/C30H55NO6/c1-5-6-7-8-9-10-11-12-13-14-15-16-17-18-19-20-21-22-23-24-31(25(2)28(32)33,26(3)29(34)35)27(4)30(36)37/h21-22,25-27H,5-20,23-24H2,1-4H3,(H2-,32,33,34,35,36,37)/p+1/b22-21+. The van der Waals surface area contributed by atoms with Gasteiger partial charge >= 0.3 is 17.9 Å². The molecule has 7 heteroatoms. The van der Waals surface area contributed by atoms with E-state index < -0.39 is 40.5 Å². The highest BCUT2D eigenvalue weighted by Crippen LogP contribution is 2.27. The minimum Gasteiger partial charge on any atom is -0.477 e. The highest BCUT2D eigenvalue weighted by atomic mass is 16.4. The summed E-state index contributed by atoms with van der Waals surface area (Å²) in [6, 6.07) is -3.46. The maximum atomic E-state index is 11.8. The van der Waals surface area contributed by atoms with Crippen molar-refractivity contribution in [1.82, 2.24) is 0 Å². The first-order valence-corrected chi connectivity index (χ1v) is 14.8. The molecule has 37 heavy (non-hydrogen) atoms. The summed E-state index contributed by atoms with van der Waals surface area (Å²) in [5.41, 5.74) is 0. The molecule has 0 aliphatic rings. The van der Waals surface area contributed by atoms with Crippen molar-refractivity contribution in [3.05, 3.63) is 12.2 Å². The van der Waals surface area contributed by atoms with Gasteiger partial charge in [-0.3, -0.25) is 4.48 Å². The summed E-state index contributed by atoms with van der Waals surface area (Å²) in [5, 5.41) is 28.9. The number of carboxylic acid groups (broad SMARTS) is 3. The van der Waals surface area contributed by atoms with Gasteiger partial charge < -0.3 is 15.3 Å². The third kappa shape index (κ3) is 14.0. The molecule has 0 aromatic carbocycles. The number of hydrogen-bond acceptors (Lipinski definition) is 3. The average Bonchev–Trinajstić information content (AvgIpc) is 2.86. The molecule has 0 heterocycles. The van der Waals surface area contributed by atoms with Crippen LogP contribution >= 0.6 is 0 Å². The largest absolute Gasteiger partial charge is 0.477 e. The predicted octanol–water partition coefficient (Wildman–Crippen LogP) is 7.43. The second-order valence-electron chi connectivity index (χ2n) is 10.8. The van der Waals surface area contributed by atoms with Crippen LogP contribution in [0.5, 0.6) is 0 Å². The molecule has 0 aromatic heterocycles. The average molecular weight is 527 g/mol. The van der Waals surface area contributed by atoms with Gasteiger partial charge in [0, 0.05) is 6.42 Å². The fourth-order valence-corrected chi connectivity index (χ4v) is 5.37. The smallest absolute Gasteiger partial charge is 0.362 e. The van der Waals surface area contributed by atoms with E-state index in [-0.39, 0.29) is 6.54 Å². The molecule has 3 atom stereocenters. The maximum absolute atomic E-state index is 11.8. The molecule has 3 N–H and O–H groups in total. The summed E-state index contributed by atoms with van der Waals surface area (Å²) in [5.74, 6) is -3.58. The highest BCUT2D eigenvalue weighted by Gasteiger charge is 2.52. The van der Waals surface area contributed by atoms with Gasteiger partial charge in [-0.1, -0.05) is 109 Å². The molecule has 0 spiro atoms. The van der Waals surface area contributed by atoms with E-state index >= 15 is 0 Å².